The minimum Gasteiger partial charge on any atom is -0.319 e. The Balaban J connectivity index is 2.24. The zero-order valence-electron chi connectivity index (χ0n) is 9.80. The molecule has 0 atom stereocenters. The summed E-state index contributed by atoms with van der Waals surface area (Å²) < 4.78 is 1.53. The third-order valence-corrected chi connectivity index (χ3v) is 3.44. The second kappa shape index (κ2) is 5.20. The summed E-state index contributed by atoms with van der Waals surface area (Å²) in [4.78, 5) is 11.5. The zero-order valence-corrected chi connectivity index (χ0v) is 10.6. The molecule has 90 valence electrons. The van der Waals surface area contributed by atoms with Gasteiger partial charge in [-0.3, -0.25) is 4.79 Å². The first-order valence-corrected chi connectivity index (χ1v) is 6.16. The second-order valence-corrected chi connectivity index (χ2v) is 4.78. The Hall–Kier alpha value is -1.53. The molecule has 6 heteroatoms. The highest BCUT2D eigenvalue weighted by Gasteiger charge is 2.07. The maximum atomic E-state index is 11.5. The van der Waals surface area contributed by atoms with Crippen LogP contribution in [0.3, 0.4) is 0 Å². The van der Waals surface area contributed by atoms with Crippen LogP contribution in [0, 0.1) is 0 Å². The van der Waals surface area contributed by atoms with E-state index in [9.17, 15) is 4.79 Å². The smallest absolute Gasteiger partial charge is 0.250 e. The Labute approximate surface area is 103 Å². The maximum Gasteiger partial charge on any atom is 0.250 e. The lowest BCUT2D eigenvalue weighted by Crippen LogP contribution is -2.13. The summed E-state index contributed by atoms with van der Waals surface area (Å²) in [6.45, 7) is 0.880. The summed E-state index contributed by atoms with van der Waals surface area (Å²) in [5, 5.41) is 13.1. The molecule has 0 spiro atoms. The van der Waals surface area contributed by atoms with Crippen LogP contribution in [0.5, 0.6) is 0 Å². The molecule has 0 aromatic carbocycles. The van der Waals surface area contributed by atoms with Crippen molar-refractivity contribution in [2.75, 3.05) is 13.6 Å². The Morgan fingerprint density at radius 2 is 2.29 bits per heavy atom. The van der Waals surface area contributed by atoms with Crippen LogP contribution in [0.2, 0.25) is 0 Å². The molecule has 2 heterocycles. The van der Waals surface area contributed by atoms with Gasteiger partial charge in [-0.2, -0.15) is 0 Å². The molecule has 17 heavy (non-hydrogen) atoms. The first-order valence-electron chi connectivity index (χ1n) is 5.35. The van der Waals surface area contributed by atoms with Crippen molar-refractivity contribution in [1.82, 2.24) is 20.1 Å². The zero-order chi connectivity index (χ0) is 12.3. The minimum absolute atomic E-state index is 0.0329. The number of aryl methyl sites for hydroxylation is 1. The van der Waals surface area contributed by atoms with E-state index in [0.717, 1.165) is 28.5 Å². The van der Waals surface area contributed by atoms with Gasteiger partial charge in [-0.1, -0.05) is 11.3 Å². The van der Waals surface area contributed by atoms with Gasteiger partial charge in [-0.15, -0.1) is 10.2 Å². The fourth-order valence-corrected chi connectivity index (χ4v) is 2.22. The van der Waals surface area contributed by atoms with E-state index in [1.807, 2.05) is 13.1 Å². The molecule has 0 fully saturated rings. The number of likely N-dealkylation sites (N-methyl/N-ethyl adjacent to an activating group) is 1. The van der Waals surface area contributed by atoms with E-state index in [-0.39, 0.29) is 5.56 Å². The first kappa shape index (κ1) is 11.9. The molecule has 0 unspecified atom stereocenters. The van der Waals surface area contributed by atoms with Gasteiger partial charge in [0.25, 0.3) is 5.56 Å². The number of nitrogens with zero attached hydrogens (tertiary/aromatic N) is 3. The third-order valence-electron chi connectivity index (χ3n) is 2.41. The number of rotatable bonds is 4. The molecule has 0 aliphatic heterocycles. The van der Waals surface area contributed by atoms with E-state index in [4.69, 9.17) is 0 Å². The van der Waals surface area contributed by atoms with Crippen LogP contribution in [-0.4, -0.2) is 28.4 Å². The van der Waals surface area contributed by atoms with Gasteiger partial charge < -0.3 is 9.88 Å². The lowest BCUT2D eigenvalue weighted by atomic mass is 10.3. The van der Waals surface area contributed by atoms with E-state index >= 15 is 0 Å². The minimum atomic E-state index is -0.0329. The van der Waals surface area contributed by atoms with E-state index < -0.39 is 0 Å². The molecule has 0 aliphatic rings. The van der Waals surface area contributed by atoms with Crippen molar-refractivity contribution in [2.45, 2.75) is 6.42 Å². The molecule has 2 aromatic rings. The molecule has 2 rings (SSSR count). The Morgan fingerprint density at radius 1 is 1.47 bits per heavy atom. The van der Waals surface area contributed by atoms with Crippen LogP contribution < -0.4 is 10.9 Å². The van der Waals surface area contributed by atoms with Crippen molar-refractivity contribution in [3.05, 3.63) is 33.7 Å². The largest absolute Gasteiger partial charge is 0.319 e. The summed E-state index contributed by atoms with van der Waals surface area (Å²) in [6, 6.07) is 3.46. The van der Waals surface area contributed by atoms with Gasteiger partial charge in [0.1, 0.15) is 10.0 Å². The second-order valence-electron chi connectivity index (χ2n) is 3.72. The average Bonchev–Trinajstić information content (AvgIpc) is 2.79. The molecule has 2 aromatic heterocycles. The Kier molecular flexibility index (Phi) is 3.65. The van der Waals surface area contributed by atoms with Crippen molar-refractivity contribution < 1.29 is 0 Å². The molecule has 0 saturated heterocycles. The van der Waals surface area contributed by atoms with Gasteiger partial charge in [0.2, 0.25) is 0 Å². The fraction of sp³-hybridized carbons (Fsp3) is 0.364. The molecule has 0 saturated carbocycles. The van der Waals surface area contributed by atoms with E-state index in [1.165, 1.54) is 15.9 Å². The molecule has 0 radical (unpaired) electrons. The lowest BCUT2D eigenvalue weighted by Gasteiger charge is -1.97. The van der Waals surface area contributed by atoms with Crippen molar-refractivity contribution in [3.8, 4) is 10.6 Å². The number of aromatic nitrogens is 3. The van der Waals surface area contributed by atoms with Crippen molar-refractivity contribution in [1.29, 1.82) is 0 Å². The predicted molar refractivity (Wildman–Crippen MR) is 68.2 cm³/mol. The van der Waals surface area contributed by atoms with Crippen LogP contribution in [0.4, 0.5) is 0 Å². The van der Waals surface area contributed by atoms with Crippen LogP contribution in [-0.2, 0) is 13.5 Å². The standard InChI is InChI=1S/C11H14N4OS/c1-12-5-3-9-13-14-11(17-9)8-4-6-15(2)10(16)7-8/h4,6-7,12H,3,5H2,1-2H3. The van der Waals surface area contributed by atoms with Crippen LogP contribution >= 0.6 is 11.3 Å². The van der Waals surface area contributed by atoms with Gasteiger partial charge in [0.15, 0.2) is 0 Å². The molecule has 0 aliphatic carbocycles. The van der Waals surface area contributed by atoms with E-state index in [0.29, 0.717) is 0 Å². The number of nitrogens with one attached hydrogen (secondary N) is 1. The summed E-state index contributed by atoms with van der Waals surface area (Å²) in [6.07, 6.45) is 2.60. The lowest BCUT2D eigenvalue weighted by molar-refractivity contribution is 0.779. The summed E-state index contributed by atoms with van der Waals surface area (Å²) in [5.41, 5.74) is 0.802. The Morgan fingerprint density at radius 3 is 3.00 bits per heavy atom. The van der Waals surface area contributed by atoms with Crippen molar-refractivity contribution in [3.63, 3.8) is 0 Å². The van der Waals surface area contributed by atoms with Crippen LogP contribution in [0.1, 0.15) is 5.01 Å². The normalized spacial score (nSPS) is 10.7. The summed E-state index contributed by atoms with van der Waals surface area (Å²) >= 11 is 1.53. The summed E-state index contributed by atoms with van der Waals surface area (Å²) in [7, 11) is 3.63. The third kappa shape index (κ3) is 2.78. The first-order chi connectivity index (χ1) is 8.20. The molecular weight excluding hydrogens is 236 g/mol. The monoisotopic (exact) mass is 250 g/mol. The topological polar surface area (TPSA) is 59.8 Å². The van der Waals surface area contributed by atoms with Crippen LogP contribution in [0.25, 0.3) is 10.6 Å². The van der Waals surface area contributed by atoms with Crippen molar-refractivity contribution in [2.24, 2.45) is 7.05 Å². The molecule has 0 bridgehead atoms. The highest BCUT2D eigenvalue weighted by Crippen LogP contribution is 2.21. The van der Waals surface area contributed by atoms with Gasteiger partial charge in [0.05, 0.1) is 0 Å². The maximum absolute atomic E-state index is 11.5. The quantitative estimate of drug-likeness (QED) is 0.866. The average molecular weight is 250 g/mol. The van der Waals surface area contributed by atoms with Crippen LogP contribution in [0.15, 0.2) is 23.1 Å². The van der Waals surface area contributed by atoms with Crippen molar-refractivity contribution >= 4 is 11.3 Å². The molecule has 0 amide bonds. The summed E-state index contributed by atoms with van der Waals surface area (Å²) in [5.74, 6) is 0. The predicted octanol–water partition coefficient (Wildman–Crippen LogP) is 0.666. The molecule has 5 nitrogen and oxygen atoms in total. The number of pyridine rings is 1. The molecular formula is C11H14N4OS. The van der Waals surface area contributed by atoms with E-state index in [1.54, 1.807) is 19.3 Å². The van der Waals surface area contributed by atoms with Gasteiger partial charge in [-0.25, -0.2) is 0 Å². The van der Waals surface area contributed by atoms with Gasteiger partial charge >= 0.3 is 0 Å². The SMILES string of the molecule is CNCCc1nnc(-c2ccn(C)c(=O)c2)s1. The Bertz CT molecular complexity index is 561. The van der Waals surface area contributed by atoms with Gasteiger partial charge in [-0.05, 0) is 13.1 Å². The van der Waals surface area contributed by atoms with E-state index in [2.05, 4.69) is 15.5 Å². The molecule has 1 N–H and O–H groups in total. The fourth-order valence-electron chi connectivity index (χ4n) is 1.38. The number of hydrogen-bond acceptors (Lipinski definition) is 5. The highest BCUT2D eigenvalue weighted by atomic mass is 32.1. The van der Waals surface area contributed by atoms with Gasteiger partial charge in [0, 0.05) is 37.8 Å². The highest BCUT2D eigenvalue weighted by molar-refractivity contribution is 7.14. The number of hydrogen-bond donors (Lipinski definition) is 1.